The Morgan fingerprint density at radius 1 is 1.64 bits per heavy atom. The highest BCUT2D eigenvalue weighted by molar-refractivity contribution is 5.79. The summed E-state index contributed by atoms with van der Waals surface area (Å²) in [7, 11) is 0. The lowest BCUT2D eigenvalue weighted by Crippen LogP contribution is -2.22. The molecule has 2 aliphatic heterocycles. The minimum absolute atomic E-state index is 0.0370. The van der Waals surface area contributed by atoms with E-state index < -0.39 is 0 Å². The van der Waals surface area contributed by atoms with Gasteiger partial charge in [0.05, 0.1) is 0 Å². The standard InChI is InChI=1S/C8H11NO2/c1-4(2)7-6-5(3)9(6)8(10)11-7/h4,6-7H,3H2,1-2H3/t6-,7+,9?/m0/s1. The number of nitrogens with zero attached hydrogens (tertiary/aromatic N) is 1. The van der Waals surface area contributed by atoms with E-state index in [0.717, 1.165) is 5.70 Å². The van der Waals surface area contributed by atoms with Gasteiger partial charge in [-0.15, -0.1) is 0 Å². The van der Waals surface area contributed by atoms with Crippen LogP contribution in [0.4, 0.5) is 4.79 Å². The van der Waals surface area contributed by atoms with Gasteiger partial charge in [-0.25, -0.2) is 4.79 Å². The average molecular weight is 153 g/mol. The normalized spacial score (nSPS) is 34.3. The van der Waals surface area contributed by atoms with Crippen LogP contribution in [0.1, 0.15) is 13.8 Å². The molecule has 3 nitrogen and oxygen atoms in total. The van der Waals surface area contributed by atoms with Gasteiger partial charge >= 0.3 is 6.09 Å². The van der Waals surface area contributed by atoms with E-state index in [4.69, 9.17) is 4.74 Å². The first kappa shape index (κ1) is 6.70. The van der Waals surface area contributed by atoms with Crippen LogP contribution in [0, 0.1) is 5.92 Å². The molecule has 0 aromatic heterocycles. The summed E-state index contributed by atoms with van der Waals surface area (Å²) in [5.74, 6) is 0.383. The van der Waals surface area contributed by atoms with E-state index in [1.807, 2.05) is 13.8 Å². The Bertz CT molecular complexity index is 234. The highest BCUT2D eigenvalue weighted by Crippen LogP contribution is 2.44. The third-order valence-electron chi connectivity index (χ3n) is 2.26. The van der Waals surface area contributed by atoms with E-state index in [9.17, 15) is 4.79 Å². The number of ether oxygens (including phenoxy) is 1. The van der Waals surface area contributed by atoms with Crippen LogP contribution >= 0.6 is 0 Å². The Morgan fingerprint density at radius 2 is 2.27 bits per heavy atom. The molecular weight excluding hydrogens is 142 g/mol. The fourth-order valence-electron chi connectivity index (χ4n) is 1.56. The van der Waals surface area contributed by atoms with Gasteiger partial charge in [0, 0.05) is 5.70 Å². The third kappa shape index (κ3) is 0.708. The molecule has 2 rings (SSSR count). The van der Waals surface area contributed by atoms with Crippen LogP contribution in [0.3, 0.4) is 0 Å². The first-order chi connectivity index (χ1) is 5.13. The highest BCUT2D eigenvalue weighted by Gasteiger charge is 2.58. The fraction of sp³-hybridized carbons (Fsp3) is 0.625. The zero-order chi connectivity index (χ0) is 8.17. The molecule has 2 aliphatic rings. The summed E-state index contributed by atoms with van der Waals surface area (Å²) in [6, 6.07) is 0.183. The minimum atomic E-state index is -0.223. The Labute approximate surface area is 65.6 Å². The molecule has 2 saturated heterocycles. The van der Waals surface area contributed by atoms with Gasteiger partial charge in [-0.2, -0.15) is 0 Å². The van der Waals surface area contributed by atoms with Crippen molar-refractivity contribution in [3.05, 3.63) is 12.3 Å². The largest absolute Gasteiger partial charge is 0.443 e. The molecule has 0 spiro atoms. The second-order valence-corrected chi connectivity index (χ2v) is 3.40. The van der Waals surface area contributed by atoms with Crippen LogP contribution in [0.2, 0.25) is 0 Å². The van der Waals surface area contributed by atoms with Crippen LogP contribution in [-0.2, 0) is 4.74 Å². The number of carbonyl (C=O) groups is 1. The summed E-state index contributed by atoms with van der Waals surface area (Å²) in [5, 5.41) is 0. The maximum atomic E-state index is 11.0. The second kappa shape index (κ2) is 1.78. The summed E-state index contributed by atoms with van der Waals surface area (Å²) in [6.07, 6.45) is -0.186. The van der Waals surface area contributed by atoms with Crippen molar-refractivity contribution in [2.45, 2.75) is 26.0 Å². The topological polar surface area (TPSA) is 29.3 Å². The molecule has 11 heavy (non-hydrogen) atoms. The van der Waals surface area contributed by atoms with Crippen molar-refractivity contribution in [1.82, 2.24) is 4.90 Å². The zero-order valence-electron chi connectivity index (χ0n) is 6.70. The number of hydrogen-bond donors (Lipinski definition) is 0. The monoisotopic (exact) mass is 153 g/mol. The molecule has 1 amide bonds. The molecule has 0 saturated carbocycles. The van der Waals surface area contributed by atoms with E-state index in [-0.39, 0.29) is 18.2 Å². The van der Waals surface area contributed by atoms with Crippen LogP contribution in [0.25, 0.3) is 0 Å². The van der Waals surface area contributed by atoms with Gasteiger partial charge < -0.3 is 4.74 Å². The fourth-order valence-corrected chi connectivity index (χ4v) is 1.56. The summed E-state index contributed by atoms with van der Waals surface area (Å²) in [5.41, 5.74) is 0.917. The molecule has 0 aliphatic carbocycles. The molecule has 2 fully saturated rings. The number of cyclic esters (lactones) is 1. The van der Waals surface area contributed by atoms with Gasteiger partial charge in [0.25, 0.3) is 0 Å². The van der Waals surface area contributed by atoms with Gasteiger partial charge in [0.2, 0.25) is 0 Å². The smallest absolute Gasteiger partial charge is 0.415 e. The zero-order valence-corrected chi connectivity index (χ0v) is 6.70. The Morgan fingerprint density at radius 3 is 2.55 bits per heavy atom. The molecule has 2 atom stereocenters. The lowest BCUT2D eigenvalue weighted by molar-refractivity contribution is 0.102. The predicted molar refractivity (Wildman–Crippen MR) is 39.9 cm³/mol. The molecule has 60 valence electrons. The first-order valence-corrected chi connectivity index (χ1v) is 3.81. The van der Waals surface area contributed by atoms with Gasteiger partial charge in [0.15, 0.2) is 0 Å². The van der Waals surface area contributed by atoms with E-state index in [1.54, 1.807) is 4.90 Å². The summed E-state index contributed by atoms with van der Waals surface area (Å²) in [4.78, 5) is 12.6. The maximum absolute atomic E-state index is 11.0. The third-order valence-corrected chi connectivity index (χ3v) is 2.26. The van der Waals surface area contributed by atoms with Crippen LogP contribution in [0.5, 0.6) is 0 Å². The van der Waals surface area contributed by atoms with Gasteiger partial charge in [0.1, 0.15) is 12.1 Å². The Kier molecular flexibility index (Phi) is 1.09. The Hall–Kier alpha value is -0.990. The van der Waals surface area contributed by atoms with Crippen LogP contribution in [-0.4, -0.2) is 23.1 Å². The molecular formula is C8H11NO2. The Balaban J connectivity index is 2.18. The van der Waals surface area contributed by atoms with Crippen molar-refractivity contribution >= 4 is 6.09 Å². The first-order valence-electron chi connectivity index (χ1n) is 3.81. The van der Waals surface area contributed by atoms with Crippen molar-refractivity contribution < 1.29 is 9.53 Å². The van der Waals surface area contributed by atoms with Crippen molar-refractivity contribution in [3.63, 3.8) is 0 Å². The van der Waals surface area contributed by atoms with Gasteiger partial charge in [-0.3, -0.25) is 4.90 Å². The number of rotatable bonds is 1. The van der Waals surface area contributed by atoms with Crippen LogP contribution in [0.15, 0.2) is 12.3 Å². The number of hydrogen-bond acceptors (Lipinski definition) is 2. The number of carbonyl (C=O) groups excluding carboxylic acids is 1. The van der Waals surface area contributed by atoms with Crippen molar-refractivity contribution in [2.24, 2.45) is 5.92 Å². The molecule has 0 N–H and O–H groups in total. The molecule has 0 unspecified atom stereocenters. The van der Waals surface area contributed by atoms with Crippen molar-refractivity contribution in [3.8, 4) is 0 Å². The van der Waals surface area contributed by atoms with Gasteiger partial charge in [-0.05, 0) is 5.92 Å². The summed E-state index contributed by atoms with van der Waals surface area (Å²) < 4.78 is 5.08. The van der Waals surface area contributed by atoms with E-state index in [0.29, 0.717) is 5.92 Å². The molecule has 0 bridgehead atoms. The average Bonchev–Trinajstić information content (AvgIpc) is 2.37. The second-order valence-electron chi connectivity index (χ2n) is 3.40. The van der Waals surface area contributed by atoms with E-state index >= 15 is 0 Å². The maximum Gasteiger partial charge on any atom is 0.415 e. The number of fused-ring (bicyclic) bond motifs is 1. The molecule has 2 heterocycles. The SMILES string of the molecule is C=C1[C@H]2[C@@H](C(C)C)OC(=O)N12. The molecule has 0 aromatic rings. The summed E-state index contributed by atoms with van der Waals surface area (Å²) >= 11 is 0. The van der Waals surface area contributed by atoms with E-state index in [2.05, 4.69) is 6.58 Å². The lowest BCUT2D eigenvalue weighted by Gasteiger charge is -2.13. The van der Waals surface area contributed by atoms with E-state index in [1.165, 1.54) is 0 Å². The predicted octanol–water partition coefficient (Wildman–Crippen LogP) is 1.36. The van der Waals surface area contributed by atoms with Gasteiger partial charge in [-0.1, -0.05) is 20.4 Å². The van der Waals surface area contributed by atoms with Crippen LogP contribution < -0.4 is 0 Å². The quantitative estimate of drug-likeness (QED) is 0.532. The lowest BCUT2D eigenvalue weighted by atomic mass is 10.0. The number of amides is 1. The molecule has 0 radical (unpaired) electrons. The van der Waals surface area contributed by atoms with Crippen molar-refractivity contribution in [2.75, 3.05) is 0 Å². The molecule has 0 aromatic carbocycles. The highest BCUT2D eigenvalue weighted by atomic mass is 16.6. The molecule has 3 heteroatoms. The minimum Gasteiger partial charge on any atom is -0.443 e. The van der Waals surface area contributed by atoms with Crippen molar-refractivity contribution in [1.29, 1.82) is 0 Å². The summed E-state index contributed by atoms with van der Waals surface area (Å²) in [6.45, 7) is 7.86.